The summed E-state index contributed by atoms with van der Waals surface area (Å²) in [7, 11) is 3.92. The van der Waals surface area contributed by atoms with Crippen LogP contribution in [0.1, 0.15) is 29.0 Å². The molecule has 0 saturated carbocycles. The smallest absolute Gasteiger partial charge is 0.143 e. The van der Waals surface area contributed by atoms with E-state index in [1.54, 1.807) is 12.5 Å². The summed E-state index contributed by atoms with van der Waals surface area (Å²) < 4.78 is 9.45. The maximum absolute atomic E-state index is 5.59. The summed E-state index contributed by atoms with van der Waals surface area (Å²) in [6, 6.07) is 3.69. The molecule has 3 heterocycles. The van der Waals surface area contributed by atoms with Gasteiger partial charge >= 0.3 is 0 Å². The SMILES string of the molecule is Cc1nn(C)c(C)c1NC(c1ccco1)c1nccn1C. The van der Waals surface area contributed by atoms with E-state index in [1.807, 2.05) is 55.5 Å². The topological polar surface area (TPSA) is 60.8 Å². The molecular weight excluding hydrogens is 266 g/mol. The Kier molecular flexibility index (Phi) is 3.29. The first kappa shape index (κ1) is 13.5. The minimum atomic E-state index is -0.151. The van der Waals surface area contributed by atoms with Crippen molar-refractivity contribution in [1.29, 1.82) is 0 Å². The zero-order valence-electron chi connectivity index (χ0n) is 12.7. The number of furan rings is 1. The summed E-state index contributed by atoms with van der Waals surface area (Å²) in [5.74, 6) is 1.72. The average Bonchev–Trinajstić information content (AvgIpc) is 3.14. The Balaban J connectivity index is 2.03. The van der Waals surface area contributed by atoms with Crippen LogP contribution < -0.4 is 5.32 Å². The third-order valence-electron chi connectivity index (χ3n) is 3.74. The fourth-order valence-electron chi connectivity index (χ4n) is 2.50. The van der Waals surface area contributed by atoms with Crippen LogP contribution in [0.5, 0.6) is 0 Å². The van der Waals surface area contributed by atoms with E-state index in [0.717, 1.165) is 28.7 Å². The number of hydrogen-bond acceptors (Lipinski definition) is 4. The van der Waals surface area contributed by atoms with Gasteiger partial charge in [-0.15, -0.1) is 0 Å². The van der Waals surface area contributed by atoms with Crippen LogP contribution in [0, 0.1) is 13.8 Å². The zero-order valence-corrected chi connectivity index (χ0v) is 12.7. The molecule has 1 N–H and O–H groups in total. The molecule has 21 heavy (non-hydrogen) atoms. The van der Waals surface area contributed by atoms with E-state index in [-0.39, 0.29) is 6.04 Å². The number of aryl methyl sites for hydroxylation is 3. The lowest BCUT2D eigenvalue weighted by atomic mass is 10.2. The number of aromatic nitrogens is 4. The van der Waals surface area contributed by atoms with Crippen molar-refractivity contribution in [2.75, 3.05) is 5.32 Å². The van der Waals surface area contributed by atoms with Gasteiger partial charge in [0.2, 0.25) is 0 Å². The van der Waals surface area contributed by atoms with E-state index in [4.69, 9.17) is 4.42 Å². The molecular formula is C15H19N5O. The molecule has 0 saturated heterocycles. The predicted molar refractivity (Wildman–Crippen MR) is 80.1 cm³/mol. The van der Waals surface area contributed by atoms with Crippen LogP contribution in [0.15, 0.2) is 35.2 Å². The van der Waals surface area contributed by atoms with Gasteiger partial charge in [0.05, 0.1) is 23.3 Å². The molecule has 1 unspecified atom stereocenters. The summed E-state index contributed by atoms with van der Waals surface area (Å²) in [6.07, 6.45) is 5.39. The fourth-order valence-corrected chi connectivity index (χ4v) is 2.50. The van der Waals surface area contributed by atoms with Gasteiger partial charge in [0.1, 0.15) is 17.6 Å². The molecule has 0 aliphatic carbocycles. The lowest BCUT2D eigenvalue weighted by Gasteiger charge is -2.18. The van der Waals surface area contributed by atoms with Crippen LogP contribution in [-0.4, -0.2) is 19.3 Å². The van der Waals surface area contributed by atoms with Crippen LogP contribution in [0.2, 0.25) is 0 Å². The summed E-state index contributed by atoms with van der Waals surface area (Å²) >= 11 is 0. The first-order chi connectivity index (χ1) is 10.1. The second-order valence-corrected chi connectivity index (χ2v) is 5.16. The second-order valence-electron chi connectivity index (χ2n) is 5.16. The largest absolute Gasteiger partial charge is 0.467 e. The lowest BCUT2D eigenvalue weighted by Crippen LogP contribution is -2.17. The molecule has 6 heteroatoms. The highest BCUT2D eigenvalue weighted by Crippen LogP contribution is 2.29. The van der Waals surface area contributed by atoms with E-state index < -0.39 is 0 Å². The Morgan fingerprint density at radius 1 is 1.29 bits per heavy atom. The molecule has 0 bridgehead atoms. The molecule has 0 amide bonds. The fraction of sp³-hybridized carbons (Fsp3) is 0.333. The Morgan fingerprint density at radius 3 is 2.62 bits per heavy atom. The quantitative estimate of drug-likeness (QED) is 0.800. The van der Waals surface area contributed by atoms with Crippen molar-refractivity contribution >= 4 is 5.69 Å². The van der Waals surface area contributed by atoms with Gasteiger partial charge in [-0.2, -0.15) is 5.10 Å². The normalized spacial score (nSPS) is 12.6. The molecule has 0 fully saturated rings. The van der Waals surface area contributed by atoms with Crippen LogP contribution in [0.3, 0.4) is 0 Å². The highest BCUT2D eigenvalue weighted by atomic mass is 16.3. The maximum atomic E-state index is 5.59. The summed E-state index contributed by atoms with van der Waals surface area (Å²) in [4.78, 5) is 4.45. The van der Waals surface area contributed by atoms with Crippen molar-refractivity contribution in [1.82, 2.24) is 19.3 Å². The van der Waals surface area contributed by atoms with Gasteiger partial charge in [-0.05, 0) is 26.0 Å². The number of nitrogens with zero attached hydrogens (tertiary/aromatic N) is 4. The van der Waals surface area contributed by atoms with Crippen LogP contribution in [0.4, 0.5) is 5.69 Å². The van der Waals surface area contributed by atoms with Crippen LogP contribution >= 0.6 is 0 Å². The Morgan fingerprint density at radius 2 is 2.10 bits per heavy atom. The molecule has 0 aliphatic rings. The van der Waals surface area contributed by atoms with Gasteiger partial charge < -0.3 is 14.3 Å². The highest BCUT2D eigenvalue weighted by molar-refractivity contribution is 5.54. The third kappa shape index (κ3) is 2.33. The van der Waals surface area contributed by atoms with Gasteiger partial charge in [0.15, 0.2) is 0 Å². The maximum Gasteiger partial charge on any atom is 0.143 e. The van der Waals surface area contributed by atoms with E-state index in [1.165, 1.54) is 0 Å². The summed E-state index contributed by atoms with van der Waals surface area (Å²) in [5.41, 5.74) is 3.06. The Bertz CT molecular complexity index is 738. The highest BCUT2D eigenvalue weighted by Gasteiger charge is 2.23. The van der Waals surface area contributed by atoms with E-state index in [9.17, 15) is 0 Å². The van der Waals surface area contributed by atoms with Crippen LogP contribution in [0.25, 0.3) is 0 Å². The van der Waals surface area contributed by atoms with Crippen molar-refractivity contribution in [2.45, 2.75) is 19.9 Å². The molecule has 0 aromatic carbocycles. The van der Waals surface area contributed by atoms with Crippen molar-refractivity contribution in [3.05, 3.63) is 53.8 Å². The monoisotopic (exact) mass is 285 g/mol. The Hall–Kier alpha value is -2.50. The predicted octanol–water partition coefficient (Wildman–Crippen LogP) is 2.56. The van der Waals surface area contributed by atoms with E-state index in [2.05, 4.69) is 15.4 Å². The van der Waals surface area contributed by atoms with Crippen molar-refractivity contribution < 1.29 is 4.42 Å². The van der Waals surface area contributed by atoms with Gasteiger partial charge in [0.25, 0.3) is 0 Å². The van der Waals surface area contributed by atoms with Crippen molar-refractivity contribution in [2.24, 2.45) is 14.1 Å². The molecule has 0 aliphatic heterocycles. The zero-order chi connectivity index (χ0) is 15.0. The second kappa shape index (κ2) is 5.12. The summed E-state index contributed by atoms with van der Waals surface area (Å²) in [5, 5.41) is 7.97. The van der Waals surface area contributed by atoms with Gasteiger partial charge in [0, 0.05) is 26.5 Å². The minimum absolute atomic E-state index is 0.151. The van der Waals surface area contributed by atoms with Gasteiger partial charge in [-0.3, -0.25) is 4.68 Å². The number of nitrogens with one attached hydrogen (secondary N) is 1. The van der Waals surface area contributed by atoms with Gasteiger partial charge in [-0.1, -0.05) is 0 Å². The van der Waals surface area contributed by atoms with E-state index in [0.29, 0.717) is 0 Å². The molecule has 1 atom stereocenters. The number of imidazole rings is 1. The molecule has 3 rings (SSSR count). The van der Waals surface area contributed by atoms with Crippen molar-refractivity contribution in [3.8, 4) is 0 Å². The third-order valence-corrected chi connectivity index (χ3v) is 3.74. The molecule has 0 radical (unpaired) electrons. The van der Waals surface area contributed by atoms with E-state index >= 15 is 0 Å². The first-order valence-electron chi connectivity index (χ1n) is 6.85. The molecule has 0 spiro atoms. The molecule has 6 nitrogen and oxygen atoms in total. The number of rotatable bonds is 4. The molecule has 3 aromatic heterocycles. The number of hydrogen-bond donors (Lipinski definition) is 1. The summed E-state index contributed by atoms with van der Waals surface area (Å²) in [6.45, 7) is 4.03. The lowest BCUT2D eigenvalue weighted by molar-refractivity contribution is 0.488. The average molecular weight is 285 g/mol. The molecule has 3 aromatic rings. The Labute approximate surface area is 123 Å². The standard InChI is InChI=1S/C15H19N5O/c1-10-13(11(2)20(4)18-10)17-14(12-6-5-9-21-12)15-16-7-8-19(15)3/h5-9,14,17H,1-4H3. The first-order valence-corrected chi connectivity index (χ1v) is 6.85. The molecule has 110 valence electrons. The minimum Gasteiger partial charge on any atom is -0.467 e. The van der Waals surface area contributed by atoms with Crippen LogP contribution in [-0.2, 0) is 14.1 Å². The van der Waals surface area contributed by atoms with Crippen molar-refractivity contribution in [3.63, 3.8) is 0 Å². The number of anilines is 1. The van der Waals surface area contributed by atoms with Gasteiger partial charge in [-0.25, -0.2) is 4.98 Å².